The van der Waals surface area contributed by atoms with Crippen molar-refractivity contribution < 1.29 is 14.7 Å². The molecule has 1 aromatic heterocycles. The van der Waals surface area contributed by atoms with Gasteiger partial charge in [-0.25, -0.2) is 4.68 Å². The summed E-state index contributed by atoms with van der Waals surface area (Å²) in [5, 5.41) is 11.7. The molecular formula is C28H22ClN3O4. The van der Waals surface area contributed by atoms with Crippen LogP contribution >= 0.6 is 11.6 Å². The summed E-state index contributed by atoms with van der Waals surface area (Å²) < 4.78 is 3.10. The molecule has 0 aliphatic carbocycles. The lowest BCUT2D eigenvalue weighted by Gasteiger charge is -2.24. The zero-order chi connectivity index (χ0) is 25.6. The summed E-state index contributed by atoms with van der Waals surface area (Å²) in [6.07, 6.45) is 0. The molecule has 1 amide bonds. The molecule has 1 fully saturated rings. The molecule has 0 saturated carbocycles. The number of halogens is 1. The van der Waals surface area contributed by atoms with Crippen molar-refractivity contribution in [1.82, 2.24) is 9.36 Å². The number of hydrogen-bond donors (Lipinski definition) is 1. The summed E-state index contributed by atoms with van der Waals surface area (Å²) in [6, 6.07) is 23.2. The molecule has 4 aromatic rings. The quantitative estimate of drug-likeness (QED) is 0.249. The number of anilines is 1. The summed E-state index contributed by atoms with van der Waals surface area (Å²) in [5.74, 6) is -2.09. The molecule has 0 spiro atoms. The van der Waals surface area contributed by atoms with Gasteiger partial charge in [0.25, 0.3) is 17.2 Å². The Kier molecular flexibility index (Phi) is 5.86. The topological polar surface area (TPSA) is 84.5 Å². The molecule has 8 heteroatoms. The molecule has 1 aliphatic rings. The lowest BCUT2D eigenvalue weighted by molar-refractivity contribution is -0.132. The van der Waals surface area contributed by atoms with Crippen LogP contribution in [-0.4, -0.2) is 26.2 Å². The Hall–Kier alpha value is -4.36. The van der Waals surface area contributed by atoms with Crippen LogP contribution in [0.25, 0.3) is 11.4 Å². The van der Waals surface area contributed by atoms with Crippen molar-refractivity contribution in [2.45, 2.75) is 13.0 Å². The number of carbonyl (C=O) groups is 2. The zero-order valence-electron chi connectivity index (χ0n) is 19.6. The lowest BCUT2D eigenvalue weighted by atomic mass is 9.95. The lowest BCUT2D eigenvalue weighted by Crippen LogP contribution is -2.34. The number of amides is 1. The normalized spacial score (nSPS) is 17.1. The van der Waals surface area contributed by atoms with Gasteiger partial charge in [0.1, 0.15) is 11.4 Å². The first-order valence-electron chi connectivity index (χ1n) is 11.3. The first-order valence-corrected chi connectivity index (χ1v) is 11.6. The fraction of sp³-hybridized carbons (Fsp3) is 0.107. The van der Waals surface area contributed by atoms with E-state index in [4.69, 9.17) is 11.6 Å². The van der Waals surface area contributed by atoms with Crippen LogP contribution in [0.2, 0.25) is 5.02 Å². The van der Waals surface area contributed by atoms with Gasteiger partial charge < -0.3 is 5.11 Å². The van der Waals surface area contributed by atoms with Gasteiger partial charge in [-0.15, -0.1) is 0 Å². The highest BCUT2D eigenvalue weighted by atomic mass is 35.5. The van der Waals surface area contributed by atoms with Gasteiger partial charge in [0.2, 0.25) is 0 Å². The minimum absolute atomic E-state index is 0.0764. The number of aromatic nitrogens is 2. The number of benzene rings is 3. The molecule has 0 radical (unpaired) electrons. The summed E-state index contributed by atoms with van der Waals surface area (Å²) in [4.78, 5) is 41.9. The molecule has 1 N–H and O–H groups in total. The number of rotatable bonds is 4. The number of nitrogens with zero attached hydrogens (tertiary/aromatic N) is 3. The van der Waals surface area contributed by atoms with Crippen molar-refractivity contribution in [3.05, 3.63) is 123 Å². The number of carbonyl (C=O) groups excluding carboxylic acids is 2. The monoisotopic (exact) mass is 499 g/mol. The van der Waals surface area contributed by atoms with Crippen LogP contribution in [0.1, 0.15) is 22.9 Å². The molecule has 5 rings (SSSR count). The first-order chi connectivity index (χ1) is 17.3. The Morgan fingerprint density at radius 2 is 1.44 bits per heavy atom. The second kappa shape index (κ2) is 9.02. The number of aliphatic hydroxyl groups is 1. The van der Waals surface area contributed by atoms with Crippen LogP contribution in [0, 0.1) is 6.92 Å². The standard InChI is InChI=1S/C28H22ClN3O4/c1-17-23(27(35)32(30(17)2)21-11-7-4-8-12-21)31-24(18-9-5-3-6-10-18)22(26(34)28(31)36)25(33)19-13-15-20(29)16-14-19/h3-16,24,33H,1-2H3/b25-22+/t24-/m0/s1. The third kappa shape index (κ3) is 3.65. The average Bonchev–Trinajstić information content (AvgIpc) is 3.28. The Balaban J connectivity index is 1.77. The van der Waals surface area contributed by atoms with E-state index in [0.29, 0.717) is 27.5 Å². The van der Waals surface area contributed by atoms with E-state index in [2.05, 4.69) is 0 Å². The Morgan fingerprint density at radius 1 is 0.861 bits per heavy atom. The number of Topliss-reactive ketones (excluding diaryl/α,β-unsaturated/α-hetero) is 1. The predicted octanol–water partition coefficient (Wildman–Crippen LogP) is 4.76. The van der Waals surface area contributed by atoms with E-state index in [-0.39, 0.29) is 17.0 Å². The van der Waals surface area contributed by atoms with Crippen LogP contribution in [0.3, 0.4) is 0 Å². The van der Waals surface area contributed by atoms with Crippen LogP contribution < -0.4 is 10.5 Å². The molecule has 2 heterocycles. The van der Waals surface area contributed by atoms with E-state index in [1.807, 2.05) is 24.3 Å². The molecular weight excluding hydrogens is 478 g/mol. The van der Waals surface area contributed by atoms with Crippen LogP contribution in [0.15, 0.2) is 95.3 Å². The molecule has 0 unspecified atom stereocenters. The maximum atomic E-state index is 13.8. The Morgan fingerprint density at radius 3 is 2.06 bits per heavy atom. The minimum atomic E-state index is -1.00. The summed E-state index contributed by atoms with van der Waals surface area (Å²) >= 11 is 5.99. The van der Waals surface area contributed by atoms with Gasteiger partial charge in [-0.05, 0) is 48.9 Å². The van der Waals surface area contributed by atoms with Crippen molar-refractivity contribution in [3.63, 3.8) is 0 Å². The minimum Gasteiger partial charge on any atom is -0.507 e. The number of hydrogen-bond acceptors (Lipinski definition) is 4. The third-order valence-corrected chi connectivity index (χ3v) is 6.69. The largest absolute Gasteiger partial charge is 0.507 e. The second-order valence-corrected chi connectivity index (χ2v) is 8.93. The van der Waals surface area contributed by atoms with Crippen molar-refractivity contribution in [2.24, 2.45) is 7.05 Å². The second-order valence-electron chi connectivity index (χ2n) is 8.50. The number of aliphatic hydroxyl groups excluding tert-OH is 1. The molecule has 3 aromatic carbocycles. The van der Waals surface area contributed by atoms with Crippen molar-refractivity contribution in [1.29, 1.82) is 0 Å². The van der Waals surface area contributed by atoms with E-state index in [1.54, 1.807) is 79.3 Å². The predicted molar refractivity (Wildman–Crippen MR) is 138 cm³/mol. The Labute approximate surface area is 212 Å². The molecule has 1 saturated heterocycles. The third-order valence-electron chi connectivity index (χ3n) is 6.44. The van der Waals surface area contributed by atoms with Gasteiger partial charge >= 0.3 is 0 Å². The number of para-hydroxylation sites is 1. The van der Waals surface area contributed by atoms with Crippen LogP contribution in [0.4, 0.5) is 5.69 Å². The summed E-state index contributed by atoms with van der Waals surface area (Å²) in [6.45, 7) is 1.72. The van der Waals surface area contributed by atoms with Crippen molar-refractivity contribution in [2.75, 3.05) is 4.90 Å². The maximum absolute atomic E-state index is 13.8. The van der Waals surface area contributed by atoms with E-state index in [0.717, 1.165) is 0 Å². The molecule has 180 valence electrons. The molecule has 0 bridgehead atoms. The van der Waals surface area contributed by atoms with E-state index in [1.165, 1.54) is 9.58 Å². The maximum Gasteiger partial charge on any atom is 0.300 e. The van der Waals surface area contributed by atoms with Crippen LogP contribution in [-0.2, 0) is 16.6 Å². The molecule has 7 nitrogen and oxygen atoms in total. The highest BCUT2D eigenvalue weighted by molar-refractivity contribution is 6.51. The van der Waals surface area contributed by atoms with Crippen molar-refractivity contribution in [3.8, 4) is 5.69 Å². The smallest absolute Gasteiger partial charge is 0.300 e. The van der Waals surface area contributed by atoms with Gasteiger partial charge in [0.15, 0.2) is 0 Å². The Bertz CT molecular complexity index is 1570. The highest BCUT2D eigenvalue weighted by Crippen LogP contribution is 2.42. The molecule has 1 atom stereocenters. The van der Waals surface area contributed by atoms with E-state index >= 15 is 0 Å². The summed E-state index contributed by atoms with van der Waals surface area (Å²) in [7, 11) is 1.72. The van der Waals surface area contributed by atoms with Gasteiger partial charge in [0, 0.05) is 17.6 Å². The molecule has 36 heavy (non-hydrogen) atoms. The van der Waals surface area contributed by atoms with Crippen molar-refractivity contribution >= 4 is 34.7 Å². The number of ketones is 1. The molecule has 1 aliphatic heterocycles. The first kappa shape index (κ1) is 23.4. The SMILES string of the molecule is Cc1c(N2C(=O)C(=O)/C(=C(/O)c3ccc(Cl)cc3)[C@@H]2c2ccccc2)c(=O)n(-c2ccccc2)n1C. The van der Waals surface area contributed by atoms with E-state index < -0.39 is 23.3 Å². The van der Waals surface area contributed by atoms with E-state index in [9.17, 15) is 19.5 Å². The fourth-order valence-corrected chi connectivity index (χ4v) is 4.73. The van der Waals surface area contributed by atoms with Gasteiger partial charge in [0.05, 0.1) is 23.0 Å². The highest BCUT2D eigenvalue weighted by Gasteiger charge is 2.49. The fourth-order valence-electron chi connectivity index (χ4n) is 4.61. The zero-order valence-corrected chi connectivity index (χ0v) is 20.3. The van der Waals surface area contributed by atoms with Gasteiger partial charge in [-0.1, -0.05) is 60.1 Å². The van der Waals surface area contributed by atoms with Crippen LogP contribution in [0.5, 0.6) is 0 Å². The summed E-state index contributed by atoms with van der Waals surface area (Å²) in [5.41, 5.74) is 1.57. The van der Waals surface area contributed by atoms with Gasteiger partial charge in [-0.2, -0.15) is 0 Å². The van der Waals surface area contributed by atoms with Gasteiger partial charge in [-0.3, -0.25) is 24.0 Å². The average molecular weight is 500 g/mol.